The second kappa shape index (κ2) is 6.21. The minimum absolute atomic E-state index is 0.0531. The third-order valence-corrected chi connectivity index (χ3v) is 6.14. The number of hydrogen-bond acceptors (Lipinski definition) is 4. The van der Waals surface area contributed by atoms with Gasteiger partial charge in [-0.05, 0) is 42.1 Å². The molecule has 0 spiro atoms. The Morgan fingerprint density at radius 2 is 2.17 bits per heavy atom. The largest absolute Gasteiger partial charge is 0.360 e. The molecule has 2 N–H and O–H groups in total. The van der Waals surface area contributed by atoms with Crippen molar-refractivity contribution in [2.24, 2.45) is 0 Å². The number of benzene rings is 1. The summed E-state index contributed by atoms with van der Waals surface area (Å²) in [4.78, 5) is 14.9. The lowest BCUT2D eigenvalue weighted by atomic mass is 10.1. The number of hydrogen-bond donors (Lipinski definition) is 2. The van der Waals surface area contributed by atoms with Gasteiger partial charge in [-0.15, -0.1) is 11.3 Å². The average molecular weight is 364 g/mol. The van der Waals surface area contributed by atoms with E-state index in [2.05, 4.69) is 4.98 Å². The van der Waals surface area contributed by atoms with Crippen molar-refractivity contribution in [1.29, 1.82) is 0 Å². The molecule has 0 saturated heterocycles. The molecule has 8 heteroatoms. The summed E-state index contributed by atoms with van der Waals surface area (Å²) < 4.78 is 39.6. The Morgan fingerprint density at radius 1 is 1.38 bits per heavy atom. The zero-order valence-electron chi connectivity index (χ0n) is 12.5. The molecule has 0 fully saturated rings. The van der Waals surface area contributed by atoms with Crippen molar-refractivity contribution < 1.29 is 17.6 Å². The highest BCUT2D eigenvalue weighted by molar-refractivity contribution is 7.92. The summed E-state index contributed by atoms with van der Waals surface area (Å²) in [6.45, 7) is 1.84. The number of rotatable bonds is 4. The van der Waals surface area contributed by atoms with Gasteiger partial charge >= 0.3 is 0 Å². The summed E-state index contributed by atoms with van der Waals surface area (Å²) >= 11 is 1.01. The van der Waals surface area contributed by atoms with Crippen molar-refractivity contribution in [3.8, 4) is 0 Å². The minimum Gasteiger partial charge on any atom is -0.360 e. The van der Waals surface area contributed by atoms with Gasteiger partial charge in [-0.25, -0.2) is 17.5 Å². The molecule has 2 aromatic heterocycles. The summed E-state index contributed by atoms with van der Waals surface area (Å²) in [5.74, 6) is -1.24. The lowest BCUT2D eigenvalue weighted by molar-refractivity contribution is -0.114. The van der Waals surface area contributed by atoms with Gasteiger partial charge in [0.1, 0.15) is 10.0 Å². The van der Waals surface area contributed by atoms with Crippen LogP contribution in [0.3, 0.4) is 0 Å². The molecule has 1 aromatic carbocycles. The Kier molecular flexibility index (Phi) is 4.25. The number of fused-ring (bicyclic) bond motifs is 1. The van der Waals surface area contributed by atoms with Crippen LogP contribution in [0.25, 0.3) is 17.0 Å². The van der Waals surface area contributed by atoms with Crippen LogP contribution < -0.4 is 4.72 Å². The van der Waals surface area contributed by atoms with Crippen LogP contribution in [0.5, 0.6) is 0 Å². The van der Waals surface area contributed by atoms with Crippen molar-refractivity contribution in [2.45, 2.75) is 11.1 Å². The van der Waals surface area contributed by atoms with Gasteiger partial charge < -0.3 is 4.98 Å². The zero-order chi connectivity index (χ0) is 17.3. The van der Waals surface area contributed by atoms with Gasteiger partial charge in [0.15, 0.2) is 0 Å². The monoisotopic (exact) mass is 364 g/mol. The second-order valence-corrected chi connectivity index (χ2v) is 7.98. The van der Waals surface area contributed by atoms with Crippen LogP contribution in [0.1, 0.15) is 11.1 Å². The number of nitrogens with one attached hydrogen (secondary N) is 2. The molecule has 2 heterocycles. The molecule has 0 aliphatic carbocycles. The summed E-state index contributed by atoms with van der Waals surface area (Å²) in [6.07, 6.45) is 4.18. The highest BCUT2D eigenvalue weighted by atomic mass is 32.2. The first-order valence-corrected chi connectivity index (χ1v) is 9.29. The number of aromatic amines is 1. The second-order valence-electron chi connectivity index (χ2n) is 5.12. The highest BCUT2D eigenvalue weighted by Gasteiger charge is 2.17. The lowest BCUT2D eigenvalue weighted by Gasteiger charge is -2.02. The van der Waals surface area contributed by atoms with Crippen molar-refractivity contribution in [2.75, 3.05) is 0 Å². The van der Waals surface area contributed by atoms with Crippen LogP contribution in [0, 0.1) is 12.7 Å². The van der Waals surface area contributed by atoms with Crippen molar-refractivity contribution in [3.05, 3.63) is 58.9 Å². The molecule has 124 valence electrons. The van der Waals surface area contributed by atoms with Crippen molar-refractivity contribution in [1.82, 2.24) is 9.71 Å². The van der Waals surface area contributed by atoms with Crippen LogP contribution in [0.15, 0.2) is 46.1 Å². The Balaban J connectivity index is 1.85. The number of sulfonamides is 1. The molecule has 3 aromatic rings. The molecule has 0 saturated carbocycles. The van der Waals surface area contributed by atoms with E-state index in [9.17, 15) is 17.6 Å². The normalized spacial score (nSPS) is 12.1. The molecule has 0 aliphatic heterocycles. The standard InChI is InChI=1S/C16H13FN2O3S2/c1-10-9-18-16-11(7-12(17)8-13(10)16)4-5-14(20)19-24(21,22)15-3-2-6-23-15/h2-9,18H,1H3,(H,19,20)/b5-4+. The van der Waals surface area contributed by atoms with Crippen LogP contribution in [0.2, 0.25) is 0 Å². The maximum atomic E-state index is 13.7. The van der Waals surface area contributed by atoms with Crippen LogP contribution in [-0.2, 0) is 14.8 Å². The maximum Gasteiger partial charge on any atom is 0.273 e. The predicted octanol–water partition coefficient (Wildman–Crippen LogP) is 3.20. The van der Waals surface area contributed by atoms with E-state index >= 15 is 0 Å². The van der Waals surface area contributed by atoms with Crippen LogP contribution in [-0.4, -0.2) is 19.3 Å². The smallest absolute Gasteiger partial charge is 0.273 e. The third-order valence-electron chi connectivity index (χ3n) is 3.40. The van der Waals surface area contributed by atoms with Gasteiger partial charge in [0, 0.05) is 23.2 Å². The molecule has 0 radical (unpaired) electrons. The van der Waals surface area contributed by atoms with E-state index in [4.69, 9.17) is 0 Å². The average Bonchev–Trinajstić information content (AvgIpc) is 3.16. The van der Waals surface area contributed by atoms with Gasteiger partial charge in [0.2, 0.25) is 0 Å². The van der Waals surface area contributed by atoms with Gasteiger partial charge in [0.05, 0.1) is 5.52 Å². The SMILES string of the molecule is Cc1c[nH]c2c(/C=C/C(=O)NS(=O)(=O)c3cccs3)cc(F)cc12. The number of carbonyl (C=O) groups is 1. The lowest BCUT2D eigenvalue weighted by Crippen LogP contribution is -2.28. The van der Waals surface area contributed by atoms with E-state index in [0.29, 0.717) is 16.5 Å². The van der Waals surface area contributed by atoms with E-state index in [1.807, 2.05) is 11.6 Å². The van der Waals surface area contributed by atoms with E-state index < -0.39 is 21.7 Å². The molecule has 0 atom stereocenters. The summed E-state index contributed by atoms with van der Waals surface area (Å²) in [5, 5.41) is 2.31. The molecular formula is C16H13FN2O3S2. The fraction of sp³-hybridized carbons (Fsp3) is 0.0625. The quantitative estimate of drug-likeness (QED) is 0.698. The van der Waals surface area contributed by atoms with Gasteiger partial charge in [-0.2, -0.15) is 0 Å². The maximum absolute atomic E-state index is 13.7. The number of aryl methyl sites for hydroxylation is 1. The Bertz CT molecular complexity index is 1030. The summed E-state index contributed by atoms with van der Waals surface area (Å²) in [6, 6.07) is 5.66. The highest BCUT2D eigenvalue weighted by Crippen LogP contribution is 2.24. The van der Waals surface area contributed by atoms with Gasteiger partial charge in [-0.1, -0.05) is 6.07 Å². The fourth-order valence-electron chi connectivity index (χ4n) is 2.29. The number of H-pyrrole nitrogens is 1. The van der Waals surface area contributed by atoms with Crippen LogP contribution in [0.4, 0.5) is 4.39 Å². The molecule has 1 amide bonds. The topological polar surface area (TPSA) is 79.0 Å². The number of aromatic nitrogens is 1. The Morgan fingerprint density at radius 3 is 2.88 bits per heavy atom. The first-order valence-electron chi connectivity index (χ1n) is 6.92. The number of amides is 1. The first kappa shape index (κ1) is 16.4. The van der Waals surface area contributed by atoms with Gasteiger partial charge in [-0.3, -0.25) is 4.79 Å². The number of thiophene rings is 1. The molecule has 24 heavy (non-hydrogen) atoms. The molecule has 5 nitrogen and oxygen atoms in total. The Labute approximate surface area is 141 Å². The zero-order valence-corrected chi connectivity index (χ0v) is 14.2. The summed E-state index contributed by atoms with van der Waals surface area (Å²) in [5.41, 5.74) is 2.02. The molecular weight excluding hydrogens is 351 g/mol. The number of halogens is 1. The molecule has 3 rings (SSSR count). The van der Waals surface area contributed by atoms with E-state index in [1.54, 1.807) is 17.6 Å². The van der Waals surface area contributed by atoms with E-state index in [0.717, 1.165) is 23.0 Å². The van der Waals surface area contributed by atoms with Crippen molar-refractivity contribution >= 4 is 44.2 Å². The molecule has 0 unspecified atom stereocenters. The van der Waals surface area contributed by atoms with E-state index in [-0.39, 0.29) is 4.21 Å². The number of carbonyl (C=O) groups excluding carboxylic acids is 1. The predicted molar refractivity (Wildman–Crippen MR) is 91.7 cm³/mol. The molecule has 0 bridgehead atoms. The Hall–Kier alpha value is -2.45. The van der Waals surface area contributed by atoms with Crippen LogP contribution >= 0.6 is 11.3 Å². The molecule has 0 aliphatic rings. The summed E-state index contributed by atoms with van der Waals surface area (Å²) in [7, 11) is -3.88. The fourth-order valence-corrected chi connectivity index (χ4v) is 4.23. The van der Waals surface area contributed by atoms with E-state index in [1.165, 1.54) is 24.3 Å². The third kappa shape index (κ3) is 3.24. The first-order chi connectivity index (χ1) is 11.4. The van der Waals surface area contributed by atoms with Crippen molar-refractivity contribution in [3.63, 3.8) is 0 Å². The minimum atomic E-state index is -3.88. The van der Waals surface area contributed by atoms with Gasteiger partial charge in [0.25, 0.3) is 15.9 Å².